The van der Waals surface area contributed by atoms with Gasteiger partial charge in [-0.3, -0.25) is 0 Å². The van der Waals surface area contributed by atoms with Crippen molar-refractivity contribution in [2.24, 2.45) is 7.05 Å². The lowest BCUT2D eigenvalue weighted by Gasteiger charge is -2.42. The number of anilines is 1. The van der Waals surface area contributed by atoms with E-state index in [2.05, 4.69) is 39.7 Å². The van der Waals surface area contributed by atoms with E-state index in [1.54, 1.807) is 0 Å². The number of imidazole rings is 1. The third-order valence-electron chi connectivity index (χ3n) is 2.73. The molecular weight excluding hydrogens is 270 g/mol. The number of halogens is 1. The normalized spacial score (nSPS) is 24.8. The minimum absolute atomic E-state index is 0.122. The summed E-state index contributed by atoms with van der Waals surface area (Å²) in [4.78, 5) is 6.68. The van der Waals surface area contributed by atoms with Crippen molar-refractivity contribution in [2.75, 3.05) is 23.3 Å². The zero-order valence-corrected chi connectivity index (χ0v) is 11.6. The standard InChI is InChI=1S/C11H18BrN3O/c1-11(2)8-15(7-9(6-12)16-11)10-13-4-5-14(10)3/h4-5,9H,6-8H2,1-3H3. The summed E-state index contributed by atoms with van der Waals surface area (Å²) in [7, 11) is 2.02. The summed E-state index contributed by atoms with van der Waals surface area (Å²) in [6, 6.07) is 0. The predicted octanol–water partition coefficient (Wildman–Crippen LogP) is 1.80. The highest BCUT2D eigenvalue weighted by Crippen LogP contribution is 2.25. The number of morpholine rings is 1. The maximum atomic E-state index is 5.97. The molecule has 0 N–H and O–H groups in total. The van der Waals surface area contributed by atoms with Crippen LogP contribution in [0.5, 0.6) is 0 Å². The molecule has 4 nitrogen and oxygen atoms in total. The molecule has 1 aliphatic heterocycles. The van der Waals surface area contributed by atoms with E-state index < -0.39 is 0 Å². The van der Waals surface area contributed by atoms with Crippen LogP contribution in [0.15, 0.2) is 12.4 Å². The Bertz CT molecular complexity index is 364. The van der Waals surface area contributed by atoms with Crippen LogP contribution in [0.1, 0.15) is 13.8 Å². The Morgan fingerprint density at radius 3 is 2.94 bits per heavy atom. The van der Waals surface area contributed by atoms with Crippen LogP contribution in [-0.2, 0) is 11.8 Å². The second-order valence-electron chi connectivity index (χ2n) is 4.87. The molecule has 16 heavy (non-hydrogen) atoms. The number of alkyl halides is 1. The highest BCUT2D eigenvalue weighted by molar-refractivity contribution is 9.09. The zero-order chi connectivity index (χ0) is 11.8. The fraction of sp³-hybridized carbons (Fsp3) is 0.727. The first-order valence-corrected chi connectivity index (χ1v) is 6.60. The van der Waals surface area contributed by atoms with E-state index in [9.17, 15) is 0 Å². The summed E-state index contributed by atoms with van der Waals surface area (Å²) in [5, 5.41) is 0.858. The van der Waals surface area contributed by atoms with E-state index >= 15 is 0 Å². The maximum absolute atomic E-state index is 5.97. The van der Waals surface area contributed by atoms with Crippen LogP contribution >= 0.6 is 15.9 Å². The van der Waals surface area contributed by atoms with E-state index in [0.717, 1.165) is 24.4 Å². The van der Waals surface area contributed by atoms with Crippen LogP contribution in [-0.4, -0.2) is 39.7 Å². The number of ether oxygens (including phenoxy) is 1. The Labute approximate surface area is 105 Å². The molecule has 0 aromatic carbocycles. The number of nitrogens with zero attached hydrogens (tertiary/aromatic N) is 3. The summed E-state index contributed by atoms with van der Waals surface area (Å²) in [5.41, 5.74) is -0.122. The quantitative estimate of drug-likeness (QED) is 0.777. The summed E-state index contributed by atoms with van der Waals surface area (Å²) >= 11 is 3.49. The number of hydrogen-bond donors (Lipinski definition) is 0. The van der Waals surface area contributed by atoms with Crippen molar-refractivity contribution in [2.45, 2.75) is 25.6 Å². The van der Waals surface area contributed by atoms with E-state index in [1.807, 2.05) is 24.0 Å². The lowest BCUT2D eigenvalue weighted by Crippen LogP contribution is -2.54. The van der Waals surface area contributed by atoms with Crippen LogP contribution in [0.25, 0.3) is 0 Å². The van der Waals surface area contributed by atoms with Crippen molar-refractivity contribution in [3.63, 3.8) is 0 Å². The van der Waals surface area contributed by atoms with E-state index in [0.29, 0.717) is 0 Å². The maximum Gasteiger partial charge on any atom is 0.205 e. The van der Waals surface area contributed by atoms with Crippen molar-refractivity contribution < 1.29 is 4.74 Å². The van der Waals surface area contributed by atoms with Gasteiger partial charge in [-0.1, -0.05) is 15.9 Å². The molecule has 0 saturated carbocycles. The van der Waals surface area contributed by atoms with Gasteiger partial charge in [0.2, 0.25) is 5.95 Å². The number of aryl methyl sites for hydroxylation is 1. The Morgan fingerprint density at radius 2 is 2.38 bits per heavy atom. The van der Waals surface area contributed by atoms with Crippen molar-refractivity contribution in [1.29, 1.82) is 0 Å². The lowest BCUT2D eigenvalue weighted by atomic mass is 10.1. The predicted molar refractivity (Wildman–Crippen MR) is 68.2 cm³/mol. The van der Waals surface area contributed by atoms with Crippen LogP contribution < -0.4 is 4.90 Å². The number of aromatic nitrogens is 2. The molecule has 5 heteroatoms. The first-order chi connectivity index (χ1) is 7.52. The highest BCUT2D eigenvalue weighted by atomic mass is 79.9. The number of hydrogen-bond acceptors (Lipinski definition) is 3. The molecule has 1 aromatic rings. The first kappa shape index (κ1) is 11.9. The molecule has 0 bridgehead atoms. The second kappa shape index (κ2) is 4.37. The molecular formula is C11H18BrN3O. The van der Waals surface area contributed by atoms with Gasteiger partial charge >= 0.3 is 0 Å². The lowest BCUT2D eigenvalue weighted by molar-refractivity contribution is -0.0729. The van der Waals surface area contributed by atoms with Gasteiger partial charge in [-0.2, -0.15) is 0 Å². The first-order valence-electron chi connectivity index (χ1n) is 5.48. The molecule has 1 fully saturated rings. The Hall–Kier alpha value is -0.550. The van der Waals surface area contributed by atoms with E-state index in [4.69, 9.17) is 4.74 Å². The van der Waals surface area contributed by atoms with Crippen LogP contribution in [0, 0.1) is 0 Å². The fourth-order valence-corrected chi connectivity index (χ4v) is 2.53. The molecule has 0 amide bonds. The van der Waals surface area contributed by atoms with Crippen molar-refractivity contribution in [1.82, 2.24) is 9.55 Å². The van der Waals surface area contributed by atoms with Crippen LogP contribution in [0.4, 0.5) is 5.95 Å². The molecule has 1 atom stereocenters. The number of rotatable bonds is 2. The Morgan fingerprint density at radius 1 is 1.62 bits per heavy atom. The summed E-state index contributed by atoms with van der Waals surface area (Å²) in [5.74, 6) is 1.02. The van der Waals surface area contributed by atoms with Gasteiger partial charge in [-0.15, -0.1) is 0 Å². The molecule has 2 rings (SSSR count). The molecule has 2 heterocycles. The SMILES string of the molecule is Cn1ccnc1N1CC(CBr)OC(C)(C)C1. The van der Waals surface area contributed by atoms with E-state index in [-0.39, 0.29) is 11.7 Å². The van der Waals surface area contributed by atoms with Gasteiger partial charge in [-0.05, 0) is 13.8 Å². The molecule has 1 aliphatic rings. The van der Waals surface area contributed by atoms with Crippen LogP contribution in [0.2, 0.25) is 0 Å². The monoisotopic (exact) mass is 287 g/mol. The van der Waals surface area contributed by atoms with Gasteiger partial charge in [0, 0.05) is 37.9 Å². The van der Waals surface area contributed by atoms with Crippen LogP contribution in [0.3, 0.4) is 0 Å². The highest BCUT2D eigenvalue weighted by Gasteiger charge is 2.34. The van der Waals surface area contributed by atoms with Gasteiger partial charge in [0.05, 0.1) is 11.7 Å². The molecule has 0 aliphatic carbocycles. The third kappa shape index (κ3) is 2.40. The summed E-state index contributed by atoms with van der Waals surface area (Å²) < 4.78 is 8.01. The van der Waals surface area contributed by atoms with E-state index in [1.165, 1.54) is 0 Å². The van der Waals surface area contributed by atoms with Crippen molar-refractivity contribution in [3.8, 4) is 0 Å². The summed E-state index contributed by atoms with van der Waals surface area (Å²) in [6.45, 7) is 6.01. The minimum Gasteiger partial charge on any atom is -0.368 e. The second-order valence-corrected chi connectivity index (χ2v) is 5.52. The minimum atomic E-state index is -0.122. The molecule has 0 radical (unpaired) electrons. The average Bonchev–Trinajstić information content (AvgIpc) is 2.62. The van der Waals surface area contributed by atoms with Gasteiger partial charge in [0.1, 0.15) is 0 Å². The van der Waals surface area contributed by atoms with Gasteiger partial charge in [0.15, 0.2) is 0 Å². The zero-order valence-electron chi connectivity index (χ0n) is 9.98. The third-order valence-corrected chi connectivity index (χ3v) is 3.45. The van der Waals surface area contributed by atoms with Gasteiger partial charge in [0.25, 0.3) is 0 Å². The largest absolute Gasteiger partial charge is 0.368 e. The molecule has 0 spiro atoms. The van der Waals surface area contributed by atoms with Gasteiger partial charge < -0.3 is 14.2 Å². The topological polar surface area (TPSA) is 30.3 Å². The Balaban J connectivity index is 2.19. The fourth-order valence-electron chi connectivity index (χ4n) is 2.19. The summed E-state index contributed by atoms with van der Waals surface area (Å²) in [6.07, 6.45) is 4.03. The van der Waals surface area contributed by atoms with Crippen molar-refractivity contribution >= 4 is 21.9 Å². The average molecular weight is 288 g/mol. The van der Waals surface area contributed by atoms with Crippen molar-refractivity contribution in [3.05, 3.63) is 12.4 Å². The molecule has 1 unspecified atom stereocenters. The smallest absolute Gasteiger partial charge is 0.205 e. The van der Waals surface area contributed by atoms with Gasteiger partial charge in [-0.25, -0.2) is 4.98 Å². The Kier molecular flexibility index (Phi) is 3.26. The molecule has 1 saturated heterocycles. The molecule has 90 valence electrons. The molecule has 1 aromatic heterocycles.